The highest BCUT2D eigenvalue weighted by Gasteiger charge is 2.22. The summed E-state index contributed by atoms with van der Waals surface area (Å²) in [4.78, 5) is 24.1. The number of halogens is 2. The van der Waals surface area contributed by atoms with E-state index in [0.29, 0.717) is 21.2 Å². The molecule has 1 N–H and O–H groups in total. The second-order valence-corrected chi connectivity index (χ2v) is 6.26. The van der Waals surface area contributed by atoms with Crippen molar-refractivity contribution in [2.45, 2.75) is 13.3 Å². The van der Waals surface area contributed by atoms with Crippen molar-refractivity contribution in [1.82, 2.24) is 0 Å². The predicted octanol–water partition coefficient (Wildman–Crippen LogP) is 4.81. The number of esters is 1. The van der Waals surface area contributed by atoms with Gasteiger partial charge >= 0.3 is 5.97 Å². The fourth-order valence-corrected chi connectivity index (χ4v) is 3.24. The molecule has 4 nitrogen and oxygen atoms in total. The van der Waals surface area contributed by atoms with E-state index in [0.717, 1.165) is 5.56 Å². The van der Waals surface area contributed by atoms with Crippen molar-refractivity contribution in [3.8, 4) is 11.1 Å². The van der Waals surface area contributed by atoms with Crippen LogP contribution in [-0.2, 0) is 9.53 Å². The Bertz CT molecular complexity index is 698. The summed E-state index contributed by atoms with van der Waals surface area (Å²) < 4.78 is 5.12. The molecule has 1 aromatic heterocycles. The highest BCUT2D eigenvalue weighted by molar-refractivity contribution is 7.15. The van der Waals surface area contributed by atoms with E-state index in [4.69, 9.17) is 27.9 Å². The molecule has 0 saturated heterocycles. The van der Waals surface area contributed by atoms with Crippen molar-refractivity contribution >= 4 is 51.4 Å². The minimum atomic E-state index is -0.472. The Morgan fingerprint density at radius 2 is 1.96 bits per heavy atom. The molecule has 23 heavy (non-hydrogen) atoms. The summed E-state index contributed by atoms with van der Waals surface area (Å²) in [6.45, 7) is 1.99. The Hall–Kier alpha value is -1.56. The Labute approximate surface area is 148 Å². The van der Waals surface area contributed by atoms with E-state index < -0.39 is 5.97 Å². The zero-order valence-electron chi connectivity index (χ0n) is 12.4. The van der Waals surface area contributed by atoms with E-state index in [9.17, 15) is 9.59 Å². The van der Waals surface area contributed by atoms with Crippen LogP contribution in [0.15, 0.2) is 29.6 Å². The van der Waals surface area contributed by atoms with Gasteiger partial charge in [-0.2, -0.15) is 0 Å². The van der Waals surface area contributed by atoms with Gasteiger partial charge in [-0.1, -0.05) is 23.7 Å². The van der Waals surface area contributed by atoms with Crippen LogP contribution in [0.1, 0.15) is 23.7 Å². The molecule has 0 fully saturated rings. The first-order valence-electron chi connectivity index (χ1n) is 6.97. The van der Waals surface area contributed by atoms with Gasteiger partial charge in [0.1, 0.15) is 10.6 Å². The van der Waals surface area contributed by atoms with E-state index in [1.165, 1.54) is 11.3 Å². The maximum atomic E-state index is 12.3. The lowest BCUT2D eigenvalue weighted by Crippen LogP contribution is -2.14. The molecule has 122 valence electrons. The number of alkyl halides is 1. The Morgan fingerprint density at radius 1 is 1.26 bits per heavy atom. The van der Waals surface area contributed by atoms with Crippen molar-refractivity contribution in [2.24, 2.45) is 0 Å². The number of anilines is 1. The Kier molecular flexibility index (Phi) is 6.45. The highest BCUT2D eigenvalue weighted by atomic mass is 35.5. The monoisotopic (exact) mass is 371 g/mol. The molecule has 0 aliphatic rings. The van der Waals surface area contributed by atoms with E-state index in [1.54, 1.807) is 19.1 Å². The third kappa shape index (κ3) is 4.47. The van der Waals surface area contributed by atoms with Gasteiger partial charge in [0.15, 0.2) is 0 Å². The van der Waals surface area contributed by atoms with Crippen LogP contribution in [0.5, 0.6) is 0 Å². The van der Waals surface area contributed by atoms with Gasteiger partial charge in [0.05, 0.1) is 6.61 Å². The second-order valence-electron chi connectivity index (χ2n) is 4.57. The number of nitrogens with one attached hydrogen (secondary N) is 1. The number of carbonyl (C=O) groups is 2. The minimum absolute atomic E-state index is 0.179. The van der Waals surface area contributed by atoms with Crippen LogP contribution in [0, 0.1) is 0 Å². The van der Waals surface area contributed by atoms with Crippen molar-refractivity contribution in [2.75, 3.05) is 17.8 Å². The number of hydrogen-bond donors (Lipinski definition) is 1. The molecule has 0 bridgehead atoms. The van der Waals surface area contributed by atoms with Crippen molar-refractivity contribution in [1.29, 1.82) is 0 Å². The molecule has 0 aliphatic carbocycles. The summed E-state index contributed by atoms with van der Waals surface area (Å²) in [6.07, 6.45) is 0.179. The van der Waals surface area contributed by atoms with Gasteiger partial charge in [0.2, 0.25) is 5.91 Å². The quantitative estimate of drug-likeness (QED) is 0.585. The highest BCUT2D eigenvalue weighted by Crippen LogP contribution is 2.36. The van der Waals surface area contributed by atoms with E-state index in [-0.39, 0.29) is 24.8 Å². The number of thiophene rings is 1. The molecule has 1 amide bonds. The molecule has 1 heterocycles. The summed E-state index contributed by atoms with van der Waals surface area (Å²) in [7, 11) is 0. The lowest BCUT2D eigenvalue weighted by molar-refractivity contribution is -0.115. The summed E-state index contributed by atoms with van der Waals surface area (Å²) in [5, 5.41) is 5.60. The van der Waals surface area contributed by atoms with Gasteiger partial charge in [-0.25, -0.2) is 4.79 Å². The standard InChI is InChI=1S/C16H15Cl2NO3S/c1-2-22-16(21)14-12(10-3-5-11(18)6-4-10)9-23-15(14)19-13(20)7-8-17/h3-6,9H,2,7-8H2,1H3,(H,19,20). The van der Waals surface area contributed by atoms with E-state index in [2.05, 4.69) is 5.32 Å². The average molecular weight is 372 g/mol. The molecular formula is C16H15Cl2NO3S. The van der Waals surface area contributed by atoms with Crippen LogP contribution in [0.2, 0.25) is 5.02 Å². The van der Waals surface area contributed by atoms with Crippen LogP contribution in [-0.4, -0.2) is 24.4 Å². The van der Waals surface area contributed by atoms with Gasteiger partial charge in [0, 0.05) is 28.3 Å². The number of ether oxygens (including phenoxy) is 1. The molecule has 1 aromatic carbocycles. The maximum Gasteiger partial charge on any atom is 0.341 e. The lowest BCUT2D eigenvalue weighted by Gasteiger charge is -2.08. The van der Waals surface area contributed by atoms with Crippen molar-refractivity contribution in [3.63, 3.8) is 0 Å². The number of hydrogen-bond acceptors (Lipinski definition) is 4. The van der Waals surface area contributed by atoms with Crippen LogP contribution < -0.4 is 5.32 Å². The van der Waals surface area contributed by atoms with Gasteiger partial charge in [-0.3, -0.25) is 4.79 Å². The minimum Gasteiger partial charge on any atom is -0.462 e. The molecule has 0 unspecified atom stereocenters. The molecule has 0 atom stereocenters. The molecule has 2 aromatic rings. The Balaban J connectivity index is 2.42. The first-order valence-corrected chi connectivity index (χ1v) is 8.76. The molecule has 7 heteroatoms. The summed E-state index contributed by atoms with van der Waals surface area (Å²) in [5.41, 5.74) is 1.87. The van der Waals surface area contributed by atoms with Crippen molar-refractivity contribution in [3.05, 3.63) is 40.2 Å². The smallest absolute Gasteiger partial charge is 0.341 e. The first kappa shape index (κ1) is 17.8. The fraction of sp³-hybridized carbons (Fsp3) is 0.250. The van der Waals surface area contributed by atoms with E-state index in [1.807, 2.05) is 17.5 Å². The predicted molar refractivity (Wildman–Crippen MR) is 94.7 cm³/mol. The average Bonchev–Trinajstić information content (AvgIpc) is 2.92. The fourth-order valence-electron chi connectivity index (χ4n) is 1.97. The SMILES string of the molecule is CCOC(=O)c1c(-c2ccc(Cl)cc2)csc1NC(=O)CCCl. The largest absolute Gasteiger partial charge is 0.462 e. The first-order chi connectivity index (χ1) is 11.1. The van der Waals surface area contributed by atoms with Crippen LogP contribution >= 0.6 is 34.5 Å². The maximum absolute atomic E-state index is 12.3. The molecule has 2 rings (SSSR count). The molecular weight excluding hydrogens is 357 g/mol. The van der Waals surface area contributed by atoms with Crippen molar-refractivity contribution < 1.29 is 14.3 Å². The number of amides is 1. The number of rotatable bonds is 6. The second kappa shape index (κ2) is 8.34. The Morgan fingerprint density at radius 3 is 2.57 bits per heavy atom. The van der Waals surface area contributed by atoms with Gasteiger partial charge < -0.3 is 10.1 Å². The van der Waals surface area contributed by atoms with Crippen LogP contribution in [0.4, 0.5) is 5.00 Å². The number of benzene rings is 1. The van der Waals surface area contributed by atoms with Gasteiger partial charge in [-0.15, -0.1) is 22.9 Å². The van der Waals surface area contributed by atoms with Gasteiger partial charge in [-0.05, 0) is 24.6 Å². The lowest BCUT2D eigenvalue weighted by atomic mass is 10.0. The third-order valence-electron chi connectivity index (χ3n) is 3.00. The molecule has 0 saturated carbocycles. The molecule has 0 spiro atoms. The topological polar surface area (TPSA) is 55.4 Å². The molecule has 0 aliphatic heterocycles. The van der Waals surface area contributed by atoms with Crippen LogP contribution in [0.25, 0.3) is 11.1 Å². The zero-order chi connectivity index (χ0) is 16.8. The number of carbonyl (C=O) groups excluding carboxylic acids is 2. The zero-order valence-corrected chi connectivity index (χ0v) is 14.7. The summed E-state index contributed by atoms with van der Waals surface area (Å²) >= 11 is 12.7. The summed E-state index contributed by atoms with van der Waals surface area (Å²) in [5.74, 6) is -0.495. The molecule has 0 radical (unpaired) electrons. The van der Waals surface area contributed by atoms with Gasteiger partial charge in [0.25, 0.3) is 0 Å². The summed E-state index contributed by atoms with van der Waals surface area (Å²) in [6, 6.07) is 7.12. The third-order valence-corrected chi connectivity index (χ3v) is 4.34. The van der Waals surface area contributed by atoms with Crippen LogP contribution in [0.3, 0.4) is 0 Å². The normalized spacial score (nSPS) is 10.4. The van der Waals surface area contributed by atoms with E-state index >= 15 is 0 Å².